The average molecular weight is 308 g/mol. The van der Waals surface area contributed by atoms with Crippen LogP contribution in [-0.2, 0) is 0 Å². The first kappa shape index (κ1) is 14.9. The highest BCUT2D eigenvalue weighted by Crippen LogP contribution is 2.26. The molecule has 3 unspecified atom stereocenters. The molecule has 116 valence electrons. The van der Waals surface area contributed by atoms with Gasteiger partial charge in [0.15, 0.2) is 0 Å². The third-order valence-electron chi connectivity index (χ3n) is 4.58. The summed E-state index contributed by atoms with van der Waals surface area (Å²) in [7, 11) is 0. The van der Waals surface area contributed by atoms with Gasteiger partial charge in [-0.3, -0.25) is 9.69 Å². The molecule has 0 aromatic carbocycles. The Hall–Kier alpha value is -0.980. The SMILES string of the molecule is CC(N)c1nc(C(=O)N2CC3CCCCN3CC2C)cs1. The topological polar surface area (TPSA) is 62.5 Å². The molecule has 21 heavy (non-hydrogen) atoms. The molecule has 2 N–H and O–H groups in total. The monoisotopic (exact) mass is 308 g/mol. The summed E-state index contributed by atoms with van der Waals surface area (Å²) in [6.45, 7) is 7.05. The Balaban J connectivity index is 1.73. The van der Waals surface area contributed by atoms with Gasteiger partial charge in [0, 0.05) is 30.6 Å². The average Bonchev–Trinajstić information content (AvgIpc) is 2.96. The number of hydrogen-bond acceptors (Lipinski definition) is 5. The summed E-state index contributed by atoms with van der Waals surface area (Å²) in [5.41, 5.74) is 6.40. The van der Waals surface area contributed by atoms with E-state index in [0.29, 0.717) is 11.7 Å². The van der Waals surface area contributed by atoms with E-state index in [1.807, 2.05) is 17.2 Å². The highest BCUT2D eigenvalue weighted by molar-refractivity contribution is 7.09. The van der Waals surface area contributed by atoms with E-state index in [9.17, 15) is 4.79 Å². The van der Waals surface area contributed by atoms with E-state index in [0.717, 1.165) is 18.1 Å². The fraction of sp³-hybridized carbons (Fsp3) is 0.733. The van der Waals surface area contributed by atoms with Crippen LogP contribution in [0.1, 0.15) is 54.6 Å². The number of fused-ring (bicyclic) bond motifs is 1. The quantitative estimate of drug-likeness (QED) is 0.906. The number of hydrogen-bond donors (Lipinski definition) is 1. The summed E-state index contributed by atoms with van der Waals surface area (Å²) < 4.78 is 0. The summed E-state index contributed by atoms with van der Waals surface area (Å²) in [4.78, 5) is 21.7. The lowest BCUT2D eigenvalue weighted by Crippen LogP contribution is -2.60. The van der Waals surface area contributed by atoms with Gasteiger partial charge < -0.3 is 10.6 Å². The summed E-state index contributed by atoms with van der Waals surface area (Å²) in [6.07, 6.45) is 3.78. The first-order valence-corrected chi connectivity index (χ1v) is 8.70. The first-order chi connectivity index (χ1) is 10.1. The molecular weight excluding hydrogens is 284 g/mol. The normalized spacial score (nSPS) is 28.2. The molecule has 1 aromatic rings. The number of carbonyl (C=O) groups is 1. The summed E-state index contributed by atoms with van der Waals surface area (Å²) in [5.74, 6) is 0.0656. The predicted molar refractivity (Wildman–Crippen MR) is 84.4 cm³/mol. The maximum absolute atomic E-state index is 12.7. The Morgan fingerprint density at radius 1 is 1.48 bits per heavy atom. The van der Waals surface area contributed by atoms with Crippen molar-refractivity contribution in [2.75, 3.05) is 19.6 Å². The standard InChI is InChI=1S/C15H24N4OS/c1-10-7-18-6-4-3-5-12(18)8-19(10)15(20)13-9-21-14(17-13)11(2)16/h9-12H,3-8,16H2,1-2H3. The first-order valence-electron chi connectivity index (χ1n) is 7.82. The zero-order valence-electron chi connectivity index (χ0n) is 12.8. The van der Waals surface area contributed by atoms with Crippen molar-refractivity contribution in [3.63, 3.8) is 0 Å². The molecule has 3 rings (SSSR count). The summed E-state index contributed by atoms with van der Waals surface area (Å²) >= 11 is 1.48. The van der Waals surface area contributed by atoms with Crippen LogP contribution >= 0.6 is 11.3 Å². The fourth-order valence-electron chi connectivity index (χ4n) is 3.38. The Morgan fingerprint density at radius 2 is 2.29 bits per heavy atom. The maximum Gasteiger partial charge on any atom is 0.273 e. The smallest absolute Gasteiger partial charge is 0.273 e. The van der Waals surface area contributed by atoms with Crippen molar-refractivity contribution < 1.29 is 4.79 Å². The molecule has 0 radical (unpaired) electrons. The zero-order valence-corrected chi connectivity index (χ0v) is 13.6. The van der Waals surface area contributed by atoms with Crippen LogP contribution in [0.15, 0.2) is 5.38 Å². The second-order valence-electron chi connectivity index (χ2n) is 6.31. The van der Waals surface area contributed by atoms with Gasteiger partial charge in [0.05, 0.1) is 6.04 Å². The Kier molecular flexibility index (Phi) is 4.28. The van der Waals surface area contributed by atoms with Gasteiger partial charge in [-0.15, -0.1) is 11.3 Å². The lowest BCUT2D eigenvalue weighted by Gasteiger charge is -2.47. The number of rotatable bonds is 2. The molecule has 2 saturated heterocycles. The molecule has 0 bridgehead atoms. The van der Waals surface area contributed by atoms with Crippen LogP contribution in [0.5, 0.6) is 0 Å². The molecule has 3 atom stereocenters. The van der Waals surface area contributed by atoms with Crippen molar-refractivity contribution in [1.82, 2.24) is 14.8 Å². The number of carbonyl (C=O) groups excluding carboxylic acids is 1. The van der Waals surface area contributed by atoms with Crippen LogP contribution in [0, 0.1) is 0 Å². The third kappa shape index (κ3) is 2.98. The van der Waals surface area contributed by atoms with Crippen molar-refractivity contribution in [2.45, 2.75) is 51.2 Å². The minimum absolute atomic E-state index is 0.0656. The largest absolute Gasteiger partial charge is 0.332 e. The van der Waals surface area contributed by atoms with Gasteiger partial charge in [-0.1, -0.05) is 6.42 Å². The van der Waals surface area contributed by atoms with E-state index in [4.69, 9.17) is 5.73 Å². The van der Waals surface area contributed by atoms with Gasteiger partial charge in [0.25, 0.3) is 5.91 Å². The Labute approximate surface area is 130 Å². The van der Waals surface area contributed by atoms with E-state index in [1.165, 1.54) is 37.1 Å². The molecule has 5 nitrogen and oxygen atoms in total. The van der Waals surface area contributed by atoms with Gasteiger partial charge in [-0.25, -0.2) is 4.98 Å². The van der Waals surface area contributed by atoms with Crippen molar-refractivity contribution in [3.8, 4) is 0 Å². The molecular formula is C15H24N4OS. The van der Waals surface area contributed by atoms with Gasteiger partial charge in [-0.2, -0.15) is 0 Å². The van der Waals surface area contributed by atoms with Gasteiger partial charge >= 0.3 is 0 Å². The summed E-state index contributed by atoms with van der Waals surface area (Å²) in [6, 6.07) is 0.682. The lowest BCUT2D eigenvalue weighted by atomic mass is 9.97. The number of thiazole rings is 1. The number of aromatic nitrogens is 1. The van der Waals surface area contributed by atoms with Gasteiger partial charge in [0.2, 0.25) is 0 Å². The van der Waals surface area contributed by atoms with Crippen LogP contribution in [-0.4, -0.2) is 52.4 Å². The molecule has 3 heterocycles. The molecule has 2 fully saturated rings. The second kappa shape index (κ2) is 6.02. The van der Waals surface area contributed by atoms with Gasteiger partial charge in [0.1, 0.15) is 10.7 Å². The maximum atomic E-state index is 12.7. The minimum Gasteiger partial charge on any atom is -0.332 e. The minimum atomic E-state index is -0.107. The van der Waals surface area contributed by atoms with Crippen molar-refractivity contribution >= 4 is 17.2 Å². The molecule has 0 spiro atoms. The highest BCUT2D eigenvalue weighted by atomic mass is 32.1. The predicted octanol–water partition coefficient (Wildman–Crippen LogP) is 1.86. The van der Waals surface area contributed by atoms with Gasteiger partial charge in [-0.05, 0) is 33.2 Å². The Morgan fingerprint density at radius 3 is 3.00 bits per heavy atom. The van der Waals surface area contributed by atoms with Crippen LogP contribution in [0.4, 0.5) is 0 Å². The van der Waals surface area contributed by atoms with E-state index in [2.05, 4.69) is 16.8 Å². The second-order valence-corrected chi connectivity index (χ2v) is 7.20. The number of nitrogens with zero attached hydrogens (tertiary/aromatic N) is 3. The third-order valence-corrected chi connectivity index (χ3v) is 5.62. The van der Waals surface area contributed by atoms with Crippen molar-refractivity contribution in [1.29, 1.82) is 0 Å². The number of piperazine rings is 1. The number of piperidine rings is 1. The molecule has 2 aliphatic heterocycles. The summed E-state index contributed by atoms with van der Waals surface area (Å²) in [5, 5.41) is 2.68. The van der Waals surface area contributed by atoms with Crippen LogP contribution in [0.2, 0.25) is 0 Å². The van der Waals surface area contributed by atoms with Crippen LogP contribution in [0.25, 0.3) is 0 Å². The molecule has 1 amide bonds. The van der Waals surface area contributed by atoms with Crippen molar-refractivity contribution in [2.24, 2.45) is 5.73 Å². The number of amides is 1. The lowest BCUT2D eigenvalue weighted by molar-refractivity contribution is 0.0148. The van der Waals surface area contributed by atoms with Crippen LogP contribution < -0.4 is 5.73 Å². The molecule has 0 aliphatic carbocycles. The van der Waals surface area contributed by atoms with E-state index in [-0.39, 0.29) is 18.0 Å². The Bertz CT molecular complexity index is 516. The van der Waals surface area contributed by atoms with Crippen molar-refractivity contribution in [3.05, 3.63) is 16.1 Å². The molecule has 1 aromatic heterocycles. The molecule has 2 aliphatic rings. The number of nitrogens with two attached hydrogens (primary N) is 1. The highest BCUT2D eigenvalue weighted by Gasteiger charge is 2.36. The van der Waals surface area contributed by atoms with E-state index >= 15 is 0 Å². The van der Waals surface area contributed by atoms with Crippen LogP contribution in [0.3, 0.4) is 0 Å². The molecule has 0 saturated carbocycles. The fourth-order valence-corrected chi connectivity index (χ4v) is 4.13. The van der Waals surface area contributed by atoms with E-state index in [1.54, 1.807) is 0 Å². The molecule has 6 heteroatoms. The van der Waals surface area contributed by atoms with E-state index < -0.39 is 0 Å². The zero-order chi connectivity index (χ0) is 15.0.